The molecule has 3 nitrogen and oxygen atoms in total. The van der Waals surface area contributed by atoms with Crippen molar-refractivity contribution >= 4 is 22.5 Å². The van der Waals surface area contributed by atoms with Crippen LogP contribution in [0.2, 0.25) is 0 Å². The molecule has 0 bridgehead atoms. The van der Waals surface area contributed by atoms with Crippen LogP contribution in [0, 0.1) is 18.3 Å². The van der Waals surface area contributed by atoms with Gasteiger partial charge in [-0.1, -0.05) is 36.4 Å². The molecule has 0 amide bonds. The van der Waals surface area contributed by atoms with Crippen molar-refractivity contribution in [3.05, 3.63) is 48.0 Å². The Bertz CT molecular complexity index is 725. The second kappa shape index (κ2) is 7.42. The van der Waals surface area contributed by atoms with Gasteiger partial charge < -0.3 is 4.74 Å². The molecule has 22 heavy (non-hydrogen) atoms. The Kier molecular flexibility index (Phi) is 5.32. The van der Waals surface area contributed by atoms with Crippen molar-refractivity contribution in [1.29, 1.82) is 0 Å². The van der Waals surface area contributed by atoms with E-state index in [1.54, 1.807) is 6.07 Å². The molecule has 0 aliphatic rings. The summed E-state index contributed by atoms with van der Waals surface area (Å²) in [6, 6.07) is 13.2. The van der Waals surface area contributed by atoms with Gasteiger partial charge in [-0.25, -0.2) is 0 Å². The second-order valence-electron chi connectivity index (χ2n) is 5.10. The van der Waals surface area contributed by atoms with Gasteiger partial charge in [0.05, 0.1) is 7.11 Å². The molecule has 0 fully saturated rings. The number of Topliss-reactive ketones (excluding diaryl/α,β-unsaturated/α-hetero) is 1. The number of carbonyl (C=O) groups is 2. The van der Waals surface area contributed by atoms with Gasteiger partial charge in [-0.05, 0) is 29.7 Å². The van der Waals surface area contributed by atoms with Crippen LogP contribution in [0.3, 0.4) is 0 Å². The summed E-state index contributed by atoms with van der Waals surface area (Å²) in [5.41, 5.74) is 0.523. The lowest BCUT2D eigenvalue weighted by Crippen LogP contribution is -2.25. The highest BCUT2D eigenvalue weighted by Crippen LogP contribution is 2.21. The summed E-state index contributed by atoms with van der Waals surface area (Å²) in [5.74, 6) is 1.01. The van der Waals surface area contributed by atoms with Crippen LogP contribution in [-0.4, -0.2) is 18.9 Å². The largest absolute Gasteiger partial charge is 0.468 e. The summed E-state index contributed by atoms with van der Waals surface area (Å²) < 4.78 is 4.76. The number of terminal acetylenes is 1. The van der Waals surface area contributed by atoms with E-state index in [1.807, 2.05) is 36.4 Å². The smallest absolute Gasteiger partial charge is 0.316 e. The van der Waals surface area contributed by atoms with E-state index in [0.717, 1.165) is 10.8 Å². The first-order chi connectivity index (χ1) is 10.7. The van der Waals surface area contributed by atoms with Crippen LogP contribution in [0.4, 0.5) is 0 Å². The summed E-state index contributed by atoms with van der Waals surface area (Å²) in [6.45, 7) is 0. The van der Waals surface area contributed by atoms with Crippen LogP contribution < -0.4 is 0 Å². The molecule has 0 aliphatic carbocycles. The third-order valence-electron chi connectivity index (χ3n) is 3.65. The van der Waals surface area contributed by atoms with Gasteiger partial charge >= 0.3 is 5.97 Å². The maximum atomic E-state index is 12.6. The van der Waals surface area contributed by atoms with Gasteiger partial charge in [-0.15, -0.1) is 12.3 Å². The third-order valence-corrected chi connectivity index (χ3v) is 3.65. The summed E-state index contributed by atoms with van der Waals surface area (Å²) in [6.07, 6.45) is 6.79. The van der Waals surface area contributed by atoms with E-state index in [0.29, 0.717) is 24.8 Å². The summed E-state index contributed by atoms with van der Waals surface area (Å²) in [5, 5.41) is 2.03. The van der Waals surface area contributed by atoms with E-state index in [1.165, 1.54) is 7.11 Å². The molecule has 0 saturated heterocycles. The number of benzene rings is 2. The van der Waals surface area contributed by atoms with Gasteiger partial charge in [0.1, 0.15) is 5.92 Å². The van der Waals surface area contributed by atoms with E-state index < -0.39 is 11.9 Å². The number of rotatable bonds is 6. The van der Waals surface area contributed by atoms with Gasteiger partial charge in [0.2, 0.25) is 0 Å². The van der Waals surface area contributed by atoms with E-state index in [9.17, 15) is 9.59 Å². The van der Waals surface area contributed by atoms with Crippen molar-refractivity contribution in [3.63, 3.8) is 0 Å². The highest BCUT2D eigenvalue weighted by atomic mass is 16.5. The fourth-order valence-corrected chi connectivity index (χ4v) is 2.45. The Morgan fingerprint density at radius 2 is 1.91 bits per heavy atom. The lowest BCUT2D eigenvalue weighted by atomic mass is 9.91. The summed E-state index contributed by atoms with van der Waals surface area (Å²) in [7, 11) is 1.30. The Morgan fingerprint density at radius 1 is 1.18 bits per heavy atom. The lowest BCUT2D eigenvalue weighted by molar-refractivity contribution is -0.143. The monoisotopic (exact) mass is 294 g/mol. The maximum absolute atomic E-state index is 12.6. The molecule has 0 heterocycles. The topological polar surface area (TPSA) is 43.4 Å². The van der Waals surface area contributed by atoms with Crippen molar-refractivity contribution in [2.45, 2.75) is 19.3 Å². The molecule has 0 aromatic heterocycles. The zero-order chi connectivity index (χ0) is 15.9. The van der Waals surface area contributed by atoms with E-state index >= 15 is 0 Å². The number of ether oxygens (including phenoxy) is 1. The first-order valence-electron chi connectivity index (χ1n) is 7.21. The fourth-order valence-electron chi connectivity index (χ4n) is 2.45. The number of fused-ring (bicyclic) bond motifs is 1. The highest BCUT2D eigenvalue weighted by Gasteiger charge is 2.28. The molecule has 2 rings (SSSR count). The lowest BCUT2D eigenvalue weighted by Gasteiger charge is -2.13. The van der Waals surface area contributed by atoms with E-state index in [-0.39, 0.29) is 5.78 Å². The summed E-state index contributed by atoms with van der Waals surface area (Å²) >= 11 is 0. The molecule has 0 N–H and O–H groups in total. The maximum Gasteiger partial charge on any atom is 0.316 e. The first kappa shape index (κ1) is 15.8. The van der Waals surface area contributed by atoms with Crippen molar-refractivity contribution in [2.24, 2.45) is 5.92 Å². The van der Waals surface area contributed by atoms with E-state index in [2.05, 4.69) is 5.92 Å². The minimum absolute atomic E-state index is 0.213. The number of hydrogen-bond acceptors (Lipinski definition) is 3. The fraction of sp³-hybridized carbons (Fsp3) is 0.263. The second-order valence-corrected chi connectivity index (χ2v) is 5.10. The summed E-state index contributed by atoms with van der Waals surface area (Å²) in [4.78, 5) is 24.5. The molecular formula is C19H18O3. The standard InChI is InChI=1S/C19H18O3/c1-3-4-5-10-17(19(21)22-2)18(20)16-12-11-14-8-6-7-9-15(14)13-16/h1,6-9,11-13,17H,4-5,10H2,2H3. The van der Waals surface area contributed by atoms with Crippen molar-refractivity contribution in [3.8, 4) is 12.3 Å². The molecule has 0 aliphatic heterocycles. The first-order valence-corrected chi connectivity index (χ1v) is 7.21. The molecule has 0 radical (unpaired) electrons. The van der Waals surface area contributed by atoms with Crippen molar-refractivity contribution in [1.82, 2.24) is 0 Å². The molecule has 0 spiro atoms. The van der Waals surface area contributed by atoms with Crippen LogP contribution >= 0.6 is 0 Å². The van der Waals surface area contributed by atoms with Gasteiger partial charge in [0, 0.05) is 12.0 Å². The molecule has 2 aromatic rings. The van der Waals surface area contributed by atoms with Crippen LogP contribution in [0.1, 0.15) is 29.6 Å². The molecular weight excluding hydrogens is 276 g/mol. The van der Waals surface area contributed by atoms with Gasteiger partial charge in [0.15, 0.2) is 5.78 Å². The number of unbranched alkanes of at least 4 members (excludes halogenated alkanes) is 1. The molecule has 112 valence electrons. The number of methoxy groups -OCH3 is 1. The van der Waals surface area contributed by atoms with Gasteiger partial charge in [-0.2, -0.15) is 0 Å². The Labute approximate surface area is 130 Å². The van der Waals surface area contributed by atoms with Crippen LogP contribution in [0.5, 0.6) is 0 Å². The van der Waals surface area contributed by atoms with Gasteiger partial charge in [0.25, 0.3) is 0 Å². The number of hydrogen-bond donors (Lipinski definition) is 0. The molecule has 2 aromatic carbocycles. The average Bonchev–Trinajstić information content (AvgIpc) is 2.57. The Balaban J connectivity index is 2.27. The zero-order valence-corrected chi connectivity index (χ0v) is 12.5. The van der Waals surface area contributed by atoms with Crippen molar-refractivity contribution < 1.29 is 14.3 Å². The van der Waals surface area contributed by atoms with Crippen LogP contribution in [0.15, 0.2) is 42.5 Å². The Hall–Kier alpha value is -2.60. The van der Waals surface area contributed by atoms with E-state index in [4.69, 9.17) is 11.2 Å². The molecule has 0 saturated carbocycles. The number of carbonyl (C=O) groups excluding carboxylic acids is 2. The minimum atomic E-state index is -0.792. The predicted molar refractivity (Wildman–Crippen MR) is 86.5 cm³/mol. The van der Waals surface area contributed by atoms with Gasteiger partial charge in [-0.3, -0.25) is 9.59 Å². The third kappa shape index (κ3) is 3.53. The SMILES string of the molecule is C#CCCCC(C(=O)OC)C(=O)c1ccc2ccccc2c1. The molecule has 1 unspecified atom stereocenters. The quantitative estimate of drug-likeness (QED) is 0.269. The highest BCUT2D eigenvalue weighted by molar-refractivity contribution is 6.10. The average molecular weight is 294 g/mol. The zero-order valence-electron chi connectivity index (χ0n) is 12.5. The van der Waals surface area contributed by atoms with Crippen LogP contribution in [0.25, 0.3) is 10.8 Å². The van der Waals surface area contributed by atoms with Crippen LogP contribution in [-0.2, 0) is 9.53 Å². The Morgan fingerprint density at radius 3 is 2.59 bits per heavy atom. The predicted octanol–water partition coefficient (Wildman–Crippen LogP) is 3.62. The number of ketones is 1. The normalized spacial score (nSPS) is 11.6. The van der Waals surface area contributed by atoms with Crippen molar-refractivity contribution in [2.75, 3.05) is 7.11 Å². The minimum Gasteiger partial charge on any atom is -0.468 e. The number of esters is 1. The molecule has 3 heteroatoms. The molecule has 1 atom stereocenters.